The second-order valence-electron chi connectivity index (χ2n) is 5.59. The van der Waals surface area contributed by atoms with Crippen LogP contribution in [0.2, 0.25) is 0 Å². The molecule has 0 aliphatic heterocycles. The van der Waals surface area contributed by atoms with Gasteiger partial charge in [0.25, 0.3) is 5.56 Å². The van der Waals surface area contributed by atoms with Gasteiger partial charge in [-0.3, -0.25) is 9.78 Å². The highest BCUT2D eigenvalue weighted by Gasteiger charge is 2.30. The van der Waals surface area contributed by atoms with Crippen LogP contribution in [0.25, 0.3) is 32.7 Å². The van der Waals surface area contributed by atoms with Gasteiger partial charge in [0, 0.05) is 28.9 Å². The van der Waals surface area contributed by atoms with Gasteiger partial charge >= 0.3 is 6.18 Å². The molecule has 0 aliphatic carbocycles. The van der Waals surface area contributed by atoms with Crippen molar-refractivity contribution in [3.05, 3.63) is 70.1 Å². The first-order valence-electron chi connectivity index (χ1n) is 7.52. The zero-order valence-electron chi connectivity index (χ0n) is 13.0. The van der Waals surface area contributed by atoms with Crippen molar-refractivity contribution >= 4 is 22.2 Å². The number of nitrogens with one attached hydrogen (secondary N) is 1. The van der Waals surface area contributed by atoms with Crippen LogP contribution in [0.5, 0.6) is 0 Å². The minimum Gasteiger partial charge on any atom is -0.321 e. The molecule has 0 saturated heterocycles. The summed E-state index contributed by atoms with van der Waals surface area (Å²) in [5, 5.41) is 2.95. The molecule has 26 heavy (non-hydrogen) atoms. The van der Waals surface area contributed by atoms with E-state index in [1.165, 1.54) is 17.4 Å². The number of rotatable bonds is 2. The molecule has 0 spiro atoms. The van der Waals surface area contributed by atoms with E-state index in [9.17, 15) is 18.0 Å². The summed E-state index contributed by atoms with van der Waals surface area (Å²) in [6, 6.07) is 8.47. The number of aromatic amines is 1. The number of hydrogen-bond acceptors (Lipinski definition) is 4. The molecule has 0 unspecified atom stereocenters. The van der Waals surface area contributed by atoms with Crippen LogP contribution in [0.1, 0.15) is 5.56 Å². The molecule has 0 fully saturated rings. The molecule has 8 heteroatoms. The van der Waals surface area contributed by atoms with E-state index in [1.54, 1.807) is 29.9 Å². The number of hydrogen-bond donors (Lipinski definition) is 1. The Labute approximate surface area is 149 Å². The Kier molecular flexibility index (Phi) is 3.84. The summed E-state index contributed by atoms with van der Waals surface area (Å²) in [6.45, 7) is 0. The summed E-state index contributed by atoms with van der Waals surface area (Å²) in [5.74, 6) is 0. The van der Waals surface area contributed by atoms with Crippen LogP contribution in [0.4, 0.5) is 13.2 Å². The fourth-order valence-electron chi connectivity index (χ4n) is 2.59. The smallest absolute Gasteiger partial charge is 0.321 e. The number of benzene rings is 1. The summed E-state index contributed by atoms with van der Waals surface area (Å²) in [7, 11) is 0. The summed E-state index contributed by atoms with van der Waals surface area (Å²) in [4.78, 5) is 23.4. The summed E-state index contributed by atoms with van der Waals surface area (Å²) < 4.78 is 38.5. The topological polar surface area (TPSA) is 58.6 Å². The Bertz CT molecular complexity index is 1150. The van der Waals surface area contributed by atoms with Crippen molar-refractivity contribution in [1.29, 1.82) is 0 Å². The van der Waals surface area contributed by atoms with Crippen LogP contribution in [0, 0.1) is 0 Å². The Morgan fingerprint density at radius 3 is 2.69 bits per heavy atom. The molecule has 130 valence electrons. The number of H-pyrrole nitrogens is 1. The molecule has 0 radical (unpaired) electrons. The lowest BCUT2D eigenvalue weighted by Crippen LogP contribution is -2.10. The van der Waals surface area contributed by atoms with E-state index >= 15 is 0 Å². The van der Waals surface area contributed by atoms with Gasteiger partial charge in [0.05, 0.1) is 16.8 Å². The predicted octanol–water partition coefficient (Wildman–Crippen LogP) is 4.73. The Balaban J connectivity index is 1.79. The highest BCUT2D eigenvalue weighted by molar-refractivity contribution is 7.13. The number of pyridine rings is 2. The number of thiazole rings is 1. The average molecular weight is 373 g/mol. The predicted molar refractivity (Wildman–Crippen MR) is 93.9 cm³/mol. The molecule has 0 aliphatic rings. The fraction of sp³-hybridized carbons (Fsp3) is 0.0556. The Morgan fingerprint density at radius 2 is 1.96 bits per heavy atom. The quantitative estimate of drug-likeness (QED) is 0.552. The monoisotopic (exact) mass is 373 g/mol. The molecule has 4 aromatic rings. The Morgan fingerprint density at radius 1 is 1.12 bits per heavy atom. The third-order valence-electron chi connectivity index (χ3n) is 3.86. The van der Waals surface area contributed by atoms with E-state index in [0.717, 1.165) is 17.7 Å². The number of halogens is 3. The number of fused-ring (bicyclic) bond motifs is 1. The van der Waals surface area contributed by atoms with Crippen LogP contribution in [0.3, 0.4) is 0 Å². The fourth-order valence-corrected chi connectivity index (χ4v) is 3.40. The van der Waals surface area contributed by atoms with Gasteiger partial charge < -0.3 is 4.98 Å². The molecule has 4 rings (SSSR count). The molecule has 0 atom stereocenters. The Hall–Kier alpha value is -3.00. The molecule has 1 N–H and O–H groups in total. The molecule has 4 nitrogen and oxygen atoms in total. The minimum atomic E-state index is -4.46. The van der Waals surface area contributed by atoms with Crippen LogP contribution < -0.4 is 5.56 Å². The highest BCUT2D eigenvalue weighted by atomic mass is 32.1. The van der Waals surface area contributed by atoms with Crippen molar-refractivity contribution in [2.75, 3.05) is 0 Å². The largest absolute Gasteiger partial charge is 0.416 e. The maximum absolute atomic E-state index is 12.8. The molecule has 3 heterocycles. The first-order chi connectivity index (χ1) is 12.4. The lowest BCUT2D eigenvalue weighted by Gasteiger charge is -2.08. The van der Waals surface area contributed by atoms with Gasteiger partial charge in [-0.2, -0.15) is 13.2 Å². The molecular weight excluding hydrogens is 363 g/mol. The van der Waals surface area contributed by atoms with Crippen molar-refractivity contribution in [3.63, 3.8) is 0 Å². The van der Waals surface area contributed by atoms with E-state index in [0.29, 0.717) is 21.7 Å². The van der Waals surface area contributed by atoms with Gasteiger partial charge in [-0.25, -0.2) is 4.98 Å². The van der Waals surface area contributed by atoms with Gasteiger partial charge in [-0.1, -0.05) is 6.07 Å². The van der Waals surface area contributed by atoms with Gasteiger partial charge in [-0.05, 0) is 35.7 Å². The van der Waals surface area contributed by atoms with E-state index < -0.39 is 17.3 Å². The van der Waals surface area contributed by atoms with E-state index in [1.807, 2.05) is 6.07 Å². The second kappa shape index (κ2) is 6.06. The van der Waals surface area contributed by atoms with Crippen LogP contribution in [-0.4, -0.2) is 15.0 Å². The molecular formula is C18H10F3N3OS. The zero-order valence-corrected chi connectivity index (χ0v) is 13.9. The lowest BCUT2D eigenvalue weighted by atomic mass is 10.1. The van der Waals surface area contributed by atoms with Gasteiger partial charge in [0.2, 0.25) is 0 Å². The maximum Gasteiger partial charge on any atom is 0.416 e. The molecule has 0 bridgehead atoms. The van der Waals surface area contributed by atoms with Crippen molar-refractivity contribution in [3.8, 4) is 21.8 Å². The average Bonchev–Trinajstić information content (AvgIpc) is 3.10. The first kappa shape index (κ1) is 16.5. The minimum absolute atomic E-state index is 0.135. The van der Waals surface area contributed by atoms with E-state index in [2.05, 4.69) is 15.0 Å². The number of nitrogens with zero attached hydrogens (tertiary/aromatic N) is 2. The molecule has 0 saturated carbocycles. The summed E-state index contributed by atoms with van der Waals surface area (Å²) in [6.07, 6.45) is -1.13. The lowest BCUT2D eigenvalue weighted by molar-refractivity contribution is -0.137. The van der Waals surface area contributed by atoms with E-state index in [-0.39, 0.29) is 5.52 Å². The van der Waals surface area contributed by atoms with Gasteiger partial charge in [0.1, 0.15) is 5.01 Å². The normalized spacial score (nSPS) is 11.8. The number of aromatic nitrogens is 3. The summed E-state index contributed by atoms with van der Waals surface area (Å²) >= 11 is 1.36. The van der Waals surface area contributed by atoms with Crippen LogP contribution in [0.15, 0.2) is 59.0 Å². The SMILES string of the molecule is O=c1[nH]c2cc(C(F)(F)F)ccc2cc1-c1csc(-c2cccnc2)n1. The third kappa shape index (κ3) is 2.99. The second-order valence-corrected chi connectivity index (χ2v) is 6.45. The van der Waals surface area contributed by atoms with Crippen LogP contribution >= 0.6 is 11.3 Å². The maximum atomic E-state index is 12.8. The zero-order chi connectivity index (χ0) is 18.3. The van der Waals surface area contributed by atoms with Crippen LogP contribution in [-0.2, 0) is 6.18 Å². The molecule has 3 aromatic heterocycles. The van der Waals surface area contributed by atoms with E-state index in [4.69, 9.17) is 0 Å². The first-order valence-corrected chi connectivity index (χ1v) is 8.40. The van der Waals surface area contributed by atoms with Crippen molar-refractivity contribution in [2.24, 2.45) is 0 Å². The van der Waals surface area contributed by atoms with Gasteiger partial charge in [0.15, 0.2) is 0 Å². The number of alkyl halides is 3. The van der Waals surface area contributed by atoms with Crippen molar-refractivity contribution in [2.45, 2.75) is 6.18 Å². The van der Waals surface area contributed by atoms with Gasteiger partial charge in [-0.15, -0.1) is 11.3 Å². The van der Waals surface area contributed by atoms with Crippen molar-refractivity contribution < 1.29 is 13.2 Å². The molecule has 1 aromatic carbocycles. The summed E-state index contributed by atoms with van der Waals surface area (Å²) in [5.41, 5.74) is 0.452. The molecule has 0 amide bonds. The highest BCUT2D eigenvalue weighted by Crippen LogP contribution is 2.32. The third-order valence-corrected chi connectivity index (χ3v) is 4.75. The van der Waals surface area contributed by atoms with Crippen molar-refractivity contribution in [1.82, 2.24) is 15.0 Å². The standard InChI is InChI=1S/C18H10F3N3OS/c19-18(20,21)12-4-3-10-6-13(16(25)23-14(10)7-12)15-9-26-17(24-15)11-2-1-5-22-8-11/h1-9H,(H,23,25).